The van der Waals surface area contributed by atoms with Crippen molar-refractivity contribution in [3.8, 4) is 0 Å². The van der Waals surface area contributed by atoms with E-state index in [4.69, 9.17) is 0 Å². The lowest BCUT2D eigenvalue weighted by molar-refractivity contribution is 0.0698. The molecule has 2 aromatic carbocycles. The summed E-state index contributed by atoms with van der Waals surface area (Å²) in [7, 11) is 3.99. The third-order valence-electron chi connectivity index (χ3n) is 4.84. The SMILES string of the molecule is CCN(CCN(C)C)c1cc(C(=O)O)c2cc(NC(=O)c3ccccc3)ccc2n1. The smallest absolute Gasteiger partial charge is 0.336 e. The second kappa shape index (κ2) is 9.37. The Balaban J connectivity index is 1.95. The molecule has 7 heteroatoms. The normalized spacial score (nSPS) is 10.9. The van der Waals surface area contributed by atoms with Crippen molar-refractivity contribution in [2.75, 3.05) is 43.9 Å². The summed E-state index contributed by atoms with van der Waals surface area (Å²) in [5, 5.41) is 13.1. The Kier molecular flexibility index (Phi) is 6.64. The maximum Gasteiger partial charge on any atom is 0.336 e. The van der Waals surface area contributed by atoms with E-state index in [1.807, 2.05) is 27.1 Å². The van der Waals surface area contributed by atoms with E-state index in [1.165, 1.54) is 0 Å². The number of anilines is 2. The molecule has 0 fully saturated rings. The minimum absolute atomic E-state index is 0.161. The van der Waals surface area contributed by atoms with E-state index in [9.17, 15) is 14.7 Å². The fourth-order valence-electron chi connectivity index (χ4n) is 3.18. The van der Waals surface area contributed by atoms with E-state index in [-0.39, 0.29) is 11.5 Å². The monoisotopic (exact) mass is 406 g/mol. The van der Waals surface area contributed by atoms with Gasteiger partial charge in [0.05, 0.1) is 11.1 Å². The van der Waals surface area contributed by atoms with Crippen molar-refractivity contribution in [2.45, 2.75) is 6.92 Å². The molecular formula is C23H26N4O3. The molecule has 7 nitrogen and oxygen atoms in total. The number of likely N-dealkylation sites (N-methyl/N-ethyl adjacent to an activating group) is 2. The number of nitrogens with one attached hydrogen (secondary N) is 1. The average molecular weight is 406 g/mol. The van der Waals surface area contributed by atoms with Gasteiger partial charge in [0.25, 0.3) is 5.91 Å². The Bertz CT molecular complexity index is 1050. The van der Waals surface area contributed by atoms with Crippen LogP contribution in [0.15, 0.2) is 54.6 Å². The lowest BCUT2D eigenvalue weighted by atomic mass is 10.1. The molecule has 0 aliphatic heterocycles. The summed E-state index contributed by atoms with van der Waals surface area (Å²) in [5.74, 6) is -0.651. The zero-order chi connectivity index (χ0) is 21.7. The highest BCUT2D eigenvalue weighted by atomic mass is 16.4. The van der Waals surface area contributed by atoms with Crippen molar-refractivity contribution >= 4 is 34.3 Å². The van der Waals surface area contributed by atoms with Gasteiger partial charge in [-0.1, -0.05) is 18.2 Å². The van der Waals surface area contributed by atoms with Gasteiger partial charge in [-0.15, -0.1) is 0 Å². The Morgan fingerprint density at radius 1 is 1.03 bits per heavy atom. The molecule has 0 aliphatic carbocycles. The van der Waals surface area contributed by atoms with Gasteiger partial charge in [0.2, 0.25) is 0 Å². The molecule has 0 atom stereocenters. The number of nitrogens with zero attached hydrogens (tertiary/aromatic N) is 3. The topological polar surface area (TPSA) is 85.8 Å². The first kappa shape index (κ1) is 21.3. The van der Waals surface area contributed by atoms with E-state index < -0.39 is 5.97 Å². The van der Waals surface area contributed by atoms with Gasteiger partial charge < -0.3 is 20.2 Å². The number of aromatic carboxylic acids is 1. The summed E-state index contributed by atoms with van der Waals surface area (Å²) in [6.45, 7) is 4.31. The van der Waals surface area contributed by atoms with Crippen LogP contribution in [-0.2, 0) is 0 Å². The molecular weight excluding hydrogens is 380 g/mol. The Morgan fingerprint density at radius 2 is 1.77 bits per heavy atom. The van der Waals surface area contributed by atoms with Crippen LogP contribution in [0.5, 0.6) is 0 Å². The molecule has 156 valence electrons. The zero-order valence-electron chi connectivity index (χ0n) is 17.4. The van der Waals surface area contributed by atoms with Crippen molar-refractivity contribution in [3.05, 3.63) is 65.7 Å². The number of carbonyl (C=O) groups excluding carboxylic acids is 1. The first-order valence-corrected chi connectivity index (χ1v) is 9.83. The number of carbonyl (C=O) groups is 2. The molecule has 2 N–H and O–H groups in total. The second-order valence-electron chi connectivity index (χ2n) is 7.27. The van der Waals surface area contributed by atoms with Crippen LogP contribution in [0.3, 0.4) is 0 Å². The molecule has 0 spiro atoms. The highest BCUT2D eigenvalue weighted by molar-refractivity contribution is 6.08. The Labute approximate surface area is 175 Å². The number of carboxylic acids is 1. The molecule has 30 heavy (non-hydrogen) atoms. The fourth-order valence-corrected chi connectivity index (χ4v) is 3.18. The van der Waals surface area contributed by atoms with Crippen molar-refractivity contribution in [1.82, 2.24) is 9.88 Å². The van der Waals surface area contributed by atoms with Crippen molar-refractivity contribution in [1.29, 1.82) is 0 Å². The first-order chi connectivity index (χ1) is 14.4. The van der Waals surface area contributed by atoms with Crippen molar-refractivity contribution < 1.29 is 14.7 Å². The van der Waals surface area contributed by atoms with Crippen LogP contribution < -0.4 is 10.2 Å². The second-order valence-corrected chi connectivity index (χ2v) is 7.27. The highest BCUT2D eigenvalue weighted by Crippen LogP contribution is 2.26. The Hall–Kier alpha value is -3.45. The number of amides is 1. The Morgan fingerprint density at radius 3 is 2.40 bits per heavy atom. The van der Waals surface area contributed by atoms with E-state index in [1.54, 1.807) is 48.5 Å². The molecule has 1 heterocycles. The maximum atomic E-state index is 12.4. The number of benzene rings is 2. The summed E-state index contributed by atoms with van der Waals surface area (Å²) in [4.78, 5) is 33.2. The average Bonchev–Trinajstić information content (AvgIpc) is 2.74. The maximum absolute atomic E-state index is 12.4. The predicted octanol–water partition coefficient (Wildman–Crippen LogP) is 3.57. The van der Waals surface area contributed by atoms with Crippen LogP contribution in [0.2, 0.25) is 0 Å². The van der Waals surface area contributed by atoms with Gasteiger partial charge in [-0.2, -0.15) is 0 Å². The zero-order valence-corrected chi connectivity index (χ0v) is 17.4. The fraction of sp³-hybridized carbons (Fsp3) is 0.261. The number of rotatable bonds is 8. The third kappa shape index (κ3) is 4.93. The van der Waals surface area contributed by atoms with E-state index in [2.05, 4.69) is 20.1 Å². The molecule has 1 aromatic heterocycles. The summed E-state index contributed by atoms with van der Waals surface area (Å²) < 4.78 is 0. The number of pyridine rings is 1. The molecule has 1 amide bonds. The number of aromatic nitrogens is 1. The van der Waals surface area contributed by atoms with E-state index >= 15 is 0 Å². The molecule has 3 rings (SSSR count). The molecule has 0 saturated carbocycles. The molecule has 0 unspecified atom stereocenters. The largest absolute Gasteiger partial charge is 0.478 e. The molecule has 0 radical (unpaired) electrons. The van der Waals surface area contributed by atoms with Crippen LogP contribution in [-0.4, -0.2) is 60.6 Å². The van der Waals surface area contributed by atoms with Gasteiger partial charge in [0, 0.05) is 36.3 Å². The van der Waals surface area contributed by atoms with Crippen LogP contribution >= 0.6 is 0 Å². The number of hydrogen-bond acceptors (Lipinski definition) is 5. The summed E-state index contributed by atoms with van der Waals surface area (Å²) in [6, 6.07) is 15.6. The summed E-state index contributed by atoms with van der Waals surface area (Å²) in [6.07, 6.45) is 0. The van der Waals surface area contributed by atoms with Gasteiger partial charge >= 0.3 is 5.97 Å². The molecule has 3 aromatic rings. The van der Waals surface area contributed by atoms with Gasteiger partial charge in [-0.25, -0.2) is 9.78 Å². The molecule has 0 bridgehead atoms. The van der Waals surface area contributed by atoms with E-state index in [0.717, 1.165) is 19.6 Å². The van der Waals surface area contributed by atoms with E-state index in [0.29, 0.717) is 28.0 Å². The molecule has 0 aliphatic rings. The third-order valence-corrected chi connectivity index (χ3v) is 4.84. The number of fused-ring (bicyclic) bond motifs is 1. The van der Waals surface area contributed by atoms with Crippen molar-refractivity contribution in [3.63, 3.8) is 0 Å². The van der Waals surface area contributed by atoms with Gasteiger partial charge in [-0.3, -0.25) is 4.79 Å². The van der Waals surface area contributed by atoms with Gasteiger partial charge in [0.1, 0.15) is 5.82 Å². The first-order valence-electron chi connectivity index (χ1n) is 9.83. The quantitative estimate of drug-likeness (QED) is 0.595. The summed E-state index contributed by atoms with van der Waals surface area (Å²) >= 11 is 0. The predicted molar refractivity (Wildman–Crippen MR) is 120 cm³/mol. The standard InChI is InChI=1S/C23H26N4O3/c1-4-27(13-12-26(2)3)21-15-19(23(29)30)18-14-17(10-11-20(18)25-21)24-22(28)16-8-6-5-7-9-16/h5-11,14-15H,4,12-13H2,1-3H3,(H,24,28)(H,29,30). The number of carboxylic acid groups (broad SMARTS) is 1. The minimum atomic E-state index is -1.03. The summed E-state index contributed by atoms with van der Waals surface area (Å²) in [5.41, 5.74) is 1.79. The van der Waals surface area contributed by atoms with Crippen LogP contribution in [0, 0.1) is 0 Å². The lowest BCUT2D eigenvalue weighted by Gasteiger charge is -2.24. The molecule has 0 saturated heterocycles. The lowest BCUT2D eigenvalue weighted by Crippen LogP contribution is -2.32. The number of hydrogen-bond donors (Lipinski definition) is 2. The van der Waals surface area contributed by atoms with Gasteiger partial charge in [0.15, 0.2) is 0 Å². The van der Waals surface area contributed by atoms with Gasteiger partial charge in [-0.05, 0) is 57.4 Å². The van der Waals surface area contributed by atoms with Crippen molar-refractivity contribution in [2.24, 2.45) is 0 Å². The van der Waals surface area contributed by atoms with Crippen LogP contribution in [0.4, 0.5) is 11.5 Å². The highest BCUT2D eigenvalue weighted by Gasteiger charge is 2.16. The van der Waals surface area contributed by atoms with Crippen LogP contribution in [0.25, 0.3) is 10.9 Å². The minimum Gasteiger partial charge on any atom is -0.478 e. The van der Waals surface area contributed by atoms with Crippen LogP contribution in [0.1, 0.15) is 27.6 Å².